The molecule has 0 radical (unpaired) electrons. The molecule has 0 bridgehead atoms. The Morgan fingerprint density at radius 1 is 1.06 bits per heavy atom. The summed E-state index contributed by atoms with van der Waals surface area (Å²) in [5, 5.41) is 4.25. The first-order valence-corrected chi connectivity index (χ1v) is 11.2. The highest BCUT2D eigenvalue weighted by atomic mass is 16.7. The average molecular weight is 481 g/mol. The molecule has 4 heterocycles. The summed E-state index contributed by atoms with van der Waals surface area (Å²) >= 11 is 0. The normalized spacial score (nSPS) is 11.2. The van der Waals surface area contributed by atoms with Crippen LogP contribution in [0.4, 0.5) is 16.7 Å². The van der Waals surface area contributed by atoms with Crippen molar-refractivity contribution in [1.29, 1.82) is 0 Å². The van der Waals surface area contributed by atoms with Crippen LogP contribution in [0.25, 0.3) is 44.1 Å². The molecule has 11 nitrogen and oxygen atoms in total. The molecule has 0 aliphatic rings. The van der Waals surface area contributed by atoms with Crippen molar-refractivity contribution in [3.8, 4) is 17.0 Å². The van der Waals surface area contributed by atoms with Crippen molar-refractivity contribution in [3.63, 3.8) is 0 Å². The van der Waals surface area contributed by atoms with Crippen molar-refractivity contribution in [2.45, 2.75) is 6.92 Å². The van der Waals surface area contributed by atoms with Gasteiger partial charge in [-0.15, -0.1) is 0 Å². The first kappa shape index (κ1) is 21.4. The van der Waals surface area contributed by atoms with E-state index in [0.29, 0.717) is 33.9 Å². The lowest BCUT2D eigenvalue weighted by molar-refractivity contribution is 0.105. The van der Waals surface area contributed by atoms with Gasteiger partial charge < -0.3 is 24.4 Å². The minimum absolute atomic E-state index is 0.171. The smallest absolute Gasteiger partial charge is 0.434 e. The molecule has 178 valence electrons. The standard InChI is InChI=1S/C25H19N7O4/c1-2-35-25(34)36-19-12-27-21-20(19)14-11-13(7-8-16(14)28-22(21)33)15-9-10-26-23(29-15)32-24-30-17-5-3-4-6-18(17)31-24/h3-12,27H,2H2,1H3,(H,28,33)(H2,26,29,30,31,32). The Hall–Kier alpha value is -5.19. The molecule has 11 heteroatoms. The van der Waals surface area contributed by atoms with Crippen LogP contribution in [0.15, 0.2) is 65.7 Å². The van der Waals surface area contributed by atoms with Gasteiger partial charge in [-0.05, 0) is 37.3 Å². The molecular weight excluding hydrogens is 462 g/mol. The van der Waals surface area contributed by atoms with Gasteiger partial charge in [-0.2, -0.15) is 0 Å². The predicted molar refractivity (Wildman–Crippen MR) is 134 cm³/mol. The van der Waals surface area contributed by atoms with E-state index in [2.05, 4.69) is 35.2 Å². The Kier molecular flexibility index (Phi) is 5.07. The Morgan fingerprint density at radius 3 is 2.81 bits per heavy atom. The van der Waals surface area contributed by atoms with E-state index >= 15 is 0 Å². The summed E-state index contributed by atoms with van der Waals surface area (Å²) in [5.74, 6) is 1.09. The van der Waals surface area contributed by atoms with E-state index in [9.17, 15) is 9.59 Å². The van der Waals surface area contributed by atoms with E-state index in [-0.39, 0.29) is 23.4 Å². The van der Waals surface area contributed by atoms with Gasteiger partial charge in [-0.3, -0.25) is 10.1 Å². The number of rotatable bonds is 5. The number of nitrogens with zero attached hydrogens (tertiary/aromatic N) is 3. The third kappa shape index (κ3) is 3.78. The van der Waals surface area contributed by atoms with E-state index in [4.69, 9.17) is 9.47 Å². The quantitative estimate of drug-likeness (QED) is 0.260. The molecule has 2 aromatic carbocycles. The minimum Gasteiger partial charge on any atom is -0.434 e. The van der Waals surface area contributed by atoms with E-state index in [1.807, 2.05) is 36.4 Å². The van der Waals surface area contributed by atoms with Gasteiger partial charge >= 0.3 is 6.16 Å². The Bertz CT molecular complexity index is 1790. The second kappa shape index (κ2) is 8.55. The molecule has 36 heavy (non-hydrogen) atoms. The van der Waals surface area contributed by atoms with Gasteiger partial charge in [0, 0.05) is 28.9 Å². The third-order valence-electron chi connectivity index (χ3n) is 5.63. The number of benzene rings is 2. The van der Waals surface area contributed by atoms with Crippen LogP contribution in [0.5, 0.6) is 5.75 Å². The van der Waals surface area contributed by atoms with E-state index < -0.39 is 6.16 Å². The van der Waals surface area contributed by atoms with Crippen molar-refractivity contribution in [2.24, 2.45) is 0 Å². The molecule has 4 N–H and O–H groups in total. The summed E-state index contributed by atoms with van der Waals surface area (Å²) in [6, 6.07) is 15.0. The second-order valence-electron chi connectivity index (χ2n) is 7.90. The zero-order valence-electron chi connectivity index (χ0n) is 19.0. The highest BCUT2D eigenvalue weighted by Gasteiger charge is 2.17. The van der Waals surface area contributed by atoms with Gasteiger partial charge in [0.1, 0.15) is 5.52 Å². The number of hydrogen-bond donors (Lipinski definition) is 4. The SMILES string of the molecule is CCOC(=O)Oc1c[nH]c2c(=O)[nH]c3ccc(-c4ccnc(Nc5nc6ccccc6[nH]5)n4)cc3c12. The van der Waals surface area contributed by atoms with Crippen molar-refractivity contribution in [2.75, 3.05) is 11.9 Å². The summed E-state index contributed by atoms with van der Waals surface area (Å²) in [7, 11) is 0. The number of anilines is 2. The van der Waals surface area contributed by atoms with Crippen LogP contribution >= 0.6 is 0 Å². The maximum Gasteiger partial charge on any atom is 0.513 e. The monoisotopic (exact) mass is 481 g/mol. The summed E-state index contributed by atoms with van der Waals surface area (Å²) in [6.45, 7) is 1.85. The number of H-pyrrole nitrogens is 3. The van der Waals surface area contributed by atoms with Gasteiger partial charge in [0.05, 0.1) is 28.7 Å². The molecule has 4 aromatic heterocycles. The van der Waals surface area contributed by atoms with Crippen LogP contribution in [0.3, 0.4) is 0 Å². The topological polar surface area (TPSA) is 151 Å². The number of pyridine rings is 1. The molecule has 0 saturated carbocycles. The fourth-order valence-corrected chi connectivity index (χ4v) is 4.07. The first-order chi connectivity index (χ1) is 17.6. The van der Waals surface area contributed by atoms with Gasteiger partial charge in [0.15, 0.2) is 5.75 Å². The van der Waals surface area contributed by atoms with Gasteiger partial charge in [0.25, 0.3) is 5.56 Å². The highest BCUT2D eigenvalue weighted by molar-refractivity contribution is 6.09. The number of imidazole rings is 1. The minimum atomic E-state index is -0.847. The summed E-state index contributed by atoms with van der Waals surface area (Å²) < 4.78 is 10.2. The predicted octanol–water partition coefficient (Wildman–Crippen LogP) is 4.62. The molecule has 0 aliphatic carbocycles. The number of ether oxygens (including phenoxy) is 2. The number of aromatic amines is 3. The van der Waals surface area contributed by atoms with Crippen LogP contribution in [-0.4, -0.2) is 42.7 Å². The molecule has 0 atom stereocenters. The number of aromatic nitrogens is 6. The van der Waals surface area contributed by atoms with Crippen LogP contribution in [0.2, 0.25) is 0 Å². The lowest BCUT2D eigenvalue weighted by atomic mass is 10.1. The van der Waals surface area contributed by atoms with Gasteiger partial charge in [-0.1, -0.05) is 18.2 Å². The molecule has 6 rings (SSSR count). The summed E-state index contributed by atoms with van der Waals surface area (Å²) in [4.78, 5) is 46.8. The molecule has 0 spiro atoms. The number of carbonyl (C=O) groups excluding carboxylic acids is 1. The van der Waals surface area contributed by atoms with E-state index in [1.165, 1.54) is 6.20 Å². The zero-order valence-corrected chi connectivity index (χ0v) is 19.0. The fourth-order valence-electron chi connectivity index (χ4n) is 4.07. The summed E-state index contributed by atoms with van der Waals surface area (Å²) in [5.41, 5.74) is 3.69. The molecule has 0 unspecified atom stereocenters. The van der Waals surface area contributed by atoms with Crippen molar-refractivity contribution in [3.05, 3.63) is 71.3 Å². The Labute approximate surface area is 202 Å². The van der Waals surface area contributed by atoms with Crippen molar-refractivity contribution in [1.82, 2.24) is 29.9 Å². The van der Waals surface area contributed by atoms with Gasteiger partial charge in [0.2, 0.25) is 11.9 Å². The average Bonchev–Trinajstić information content (AvgIpc) is 3.48. The molecule has 6 aromatic rings. The number of nitrogens with one attached hydrogen (secondary N) is 4. The lowest BCUT2D eigenvalue weighted by Gasteiger charge is -2.08. The van der Waals surface area contributed by atoms with E-state index in [1.54, 1.807) is 25.3 Å². The number of para-hydroxylation sites is 2. The van der Waals surface area contributed by atoms with Crippen LogP contribution in [0.1, 0.15) is 6.92 Å². The van der Waals surface area contributed by atoms with Crippen molar-refractivity contribution < 1.29 is 14.3 Å². The highest BCUT2D eigenvalue weighted by Crippen LogP contribution is 2.33. The van der Waals surface area contributed by atoms with Crippen LogP contribution in [0, 0.1) is 0 Å². The Balaban J connectivity index is 1.40. The van der Waals surface area contributed by atoms with E-state index in [0.717, 1.165) is 16.6 Å². The van der Waals surface area contributed by atoms with Crippen molar-refractivity contribution >= 4 is 50.9 Å². The molecular formula is C25H19N7O4. The number of hydrogen-bond acceptors (Lipinski definition) is 8. The molecule has 0 amide bonds. The largest absolute Gasteiger partial charge is 0.513 e. The summed E-state index contributed by atoms with van der Waals surface area (Å²) in [6.07, 6.45) is 2.26. The lowest BCUT2D eigenvalue weighted by Crippen LogP contribution is -2.10. The second-order valence-corrected chi connectivity index (χ2v) is 7.90. The van der Waals surface area contributed by atoms with Crippen LogP contribution < -0.4 is 15.6 Å². The number of carbonyl (C=O) groups is 1. The Morgan fingerprint density at radius 2 is 1.94 bits per heavy atom. The molecule has 0 saturated heterocycles. The maximum absolute atomic E-state index is 12.6. The third-order valence-corrected chi connectivity index (χ3v) is 5.63. The zero-order chi connectivity index (χ0) is 24.6. The first-order valence-electron chi connectivity index (χ1n) is 11.2. The molecule has 0 aliphatic heterocycles. The fraction of sp³-hybridized carbons (Fsp3) is 0.0800. The van der Waals surface area contributed by atoms with Gasteiger partial charge in [-0.25, -0.2) is 19.7 Å². The van der Waals surface area contributed by atoms with Crippen LogP contribution in [-0.2, 0) is 4.74 Å². The number of fused-ring (bicyclic) bond motifs is 4. The maximum atomic E-state index is 12.6. The molecule has 0 fully saturated rings.